The number of H-pyrrole nitrogens is 1. The molecule has 0 spiro atoms. The van der Waals surface area contributed by atoms with Gasteiger partial charge >= 0.3 is 0 Å². The molecular formula is C11H14N2S2. The second-order valence-corrected chi connectivity index (χ2v) is 4.87. The smallest absolute Gasteiger partial charge is 0.177 e. The van der Waals surface area contributed by atoms with Crippen molar-refractivity contribution in [2.75, 3.05) is 0 Å². The van der Waals surface area contributed by atoms with E-state index in [0.29, 0.717) is 6.04 Å². The van der Waals surface area contributed by atoms with Crippen molar-refractivity contribution < 1.29 is 0 Å². The summed E-state index contributed by atoms with van der Waals surface area (Å²) in [6, 6.07) is 4.57. The van der Waals surface area contributed by atoms with E-state index in [1.807, 2.05) is 6.20 Å². The van der Waals surface area contributed by atoms with E-state index in [1.165, 1.54) is 10.6 Å². The van der Waals surface area contributed by atoms with Gasteiger partial charge in [-0.3, -0.25) is 0 Å². The van der Waals surface area contributed by atoms with E-state index in [-0.39, 0.29) is 0 Å². The SMILES string of the molecule is CCc1c[nH]c(=S)n1C(C)c1cccs1. The first-order valence-corrected chi connectivity index (χ1v) is 6.35. The van der Waals surface area contributed by atoms with Gasteiger partial charge in [-0.1, -0.05) is 13.0 Å². The normalized spacial score (nSPS) is 12.9. The van der Waals surface area contributed by atoms with Gasteiger partial charge < -0.3 is 9.55 Å². The van der Waals surface area contributed by atoms with Gasteiger partial charge in [0.25, 0.3) is 0 Å². The second-order valence-electron chi connectivity index (χ2n) is 3.50. The Morgan fingerprint density at radius 3 is 3.00 bits per heavy atom. The van der Waals surface area contributed by atoms with Crippen molar-refractivity contribution in [1.82, 2.24) is 9.55 Å². The van der Waals surface area contributed by atoms with Crippen LogP contribution in [0, 0.1) is 4.77 Å². The summed E-state index contributed by atoms with van der Waals surface area (Å²) in [7, 11) is 0. The predicted molar refractivity (Wildman–Crippen MR) is 67.1 cm³/mol. The number of nitrogens with zero attached hydrogens (tertiary/aromatic N) is 1. The Morgan fingerprint density at radius 2 is 2.40 bits per heavy atom. The minimum atomic E-state index is 0.332. The first kappa shape index (κ1) is 10.6. The molecule has 0 radical (unpaired) electrons. The lowest BCUT2D eigenvalue weighted by Crippen LogP contribution is -2.08. The molecule has 4 heteroatoms. The van der Waals surface area contributed by atoms with Crippen molar-refractivity contribution in [2.45, 2.75) is 26.3 Å². The molecule has 2 heterocycles. The van der Waals surface area contributed by atoms with E-state index in [0.717, 1.165) is 11.2 Å². The molecule has 1 unspecified atom stereocenters. The van der Waals surface area contributed by atoms with Crippen LogP contribution in [0.5, 0.6) is 0 Å². The van der Waals surface area contributed by atoms with Crippen molar-refractivity contribution >= 4 is 23.6 Å². The molecule has 0 aliphatic rings. The Morgan fingerprint density at radius 1 is 1.60 bits per heavy atom. The first-order chi connectivity index (χ1) is 7.24. The van der Waals surface area contributed by atoms with E-state index < -0.39 is 0 Å². The van der Waals surface area contributed by atoms with E-state index in [1.54, 1.807) is 11.3 Å². The van der Waals surface area contributed by atoms with Crippen LogP contribution in [0.2, 0.25) is 0 Å². The van der Waals surface area contributed by atoms with Crippen LogP contribution in [0.25, 0.3) is 0 Å². The number of hydrogen-bond donors (Lipinski definition) is 1. The number of rotatable bonds is 3. The number of hydrogen-bond acceptors (Lipinski definition) is 2. The van der Waals surface area contributed by atoms with E-state index in [4.69, 9.17) is 12.2 Å². The lowest BCUT2D eigenvalue weighted by Gasteiger charge is -2.14. The van der Waals surface area contributed by atoms with Crippen molar-refractivity contribution in [3.63, 3.8) is 0 Å². The Kier molecular flexibility index (Phi) is 3.07. The maximum Gasteiger partial charge on any atom is 0.177 e. The zero-order valence-corrected chi connectivity index (χ0v) is 10.5. The maximum absolute atomic E-state index is 5.30. The zero-order valence-electron chi connectivity index (χ0n) is 8.86. The molecule has 2 nitrogen and oxygen atoms in total. The van der Waals surface area contributed by atoms with Crippen molar-refractivity contribution in [2.24, 2.45) is 0 Å². The largest absolute Gasteiger partial charge is 0.337 e. The van der Waals surface area contributed by atoms with Gasteiger partial charge in [0, 0.05) is 16.8 Å². The number of aromatic amines is 1. The third-order valence-electron chi connectivity index (χ3n) is 2.59. The van der Waals surface area contributed by atoms with E-state index >= 15 is 0 Å². The van der Waals surface area contributed by atoms with Crippen LogP contribution in [0.3, 0.4) is 0 Å². The molecule has 1 N–H and O–H groups in total. The summed E-state index contributed by atoms with van der Waals surface area (Å²) in [4.78, 5) is 4.46. The number of aryl methyl sites for hydroxylation is 1. The molecule has 0 aromatic carbocycles. The van der Waals surface area contributed by atoms with Gasteiger partial charge in [-0.05, 0) is 37.0 Å². The maximum atomic E-state index is 5.30. The monoisotopic (exact) mass is 238 g/mol. The number of aromatic nitrogens is 2. The summed E-state index contributed by atoms with van der Waals surface area (Å²) in [6.45, 7) is 4.34. The second kappa shape index (κ2) is 4.33. The van der Waals surface area contributed by atoms with Gasteiger partial charge in [0.05, 0.1) is 6.04 Å². The van der Waals surface area contributed by atoms with Gasteiger partial charge in [-0.2, -0.15) is 0 Å². The summed E-state index contributed by atoms with van der Waals surface area (Å²) >= 11 is 7.08. The highest BCUT2D eigenvalue weighted by molar-refractivity contribution is 7.71. The zero-order chi connectivity index (χ0) is 10.8. The highest BCUT2D eigenvalue weighted by Crippen LogP contribution is 2.24. The van der Waals surface area contributed by atoms with Crippen molar-refractivity contribution in [3.8, 4) is 0 Å². The van der Waals surface area contributed by atoms with Crippen LogP contribution in [0.15, 0.2) is 23.7 Å². The van der Waals surface area contributed by atoms with Crippen LogP contribution in [-0.4, -0.2) is 9.55 Å². The molecule has 15 heavy (non-hydrogen) atoms. The average Bonchev–Trinajstić information content (AvgIpc) is 2.85. The fourth-order valence-electron chi connectivity index (χ4n) is 1.77. The molecule has 80 valence electrons. The quantitative estimate of drug-likeness (QED) is 0.807. The fraction of sp³-hybridized carbons (Fsp3) is 0.364. The molecule has 0 fully saturated rings. The predicted octanol–water partition coefficient (Wildman–Crippen LogP) is 3.78. The van der Waals surface area contributed by atoms with Gasteiger partial charge in [0.15, 0.2) is 4.77 Å². The van der Waals surface area contributed by atoms with Gasteiger partial charge in [-0.15, -0.1) is 11.3 Å². The van der Waals surface area contributed by atoms with E-state index in [9.17, 15) is 0 Å². The number of nitrogens with one attached hydrogen (secondary N) is 1. The van der Waals surface area contributed by atoms with Crippen molar-refractivity contribution in [1.29, 1.82) is 0 Å². The van der Waals surface area contributed by atoms with Gasteiger partial charge in [0.2, 0.25) is 0 Å². The Labute approximate surface area is 98.6 Å². The molecule has 2 aromatic rings. The third-order valence-corrected chi connectivity index (χ3v) is 3.95. The van der Waals surface area contributed by atoms with E-state index in [2.05, 4.69) is 40.9 Å². The molecule has 2 aromatic heterocycles. The minimum absolute atomic E-state index is 0.332. The molecule has 2 rings (SSSR count). The van der Waals surface area contributed by atoms with Crippen LogP contribution in [-0.2, 0) is 6.42 Å². The summed E-state index contributed by atoms with van der Waals surface area (Å²) in [5, 5.41) is 2.10. The summed E-state index contributed by atoms with van der Waals surface area (Å²) in [5.74, 6) is 0. The molecule has 0 saturated carbocycles. The van der Waals surface area contributed by atoms with Gasteiger partial charge in [0.1, 0.15) is 0 Å². The lowest BCUT2D eigenvalue weighted by atomic mass is 10.2. The standard InChI is InChI=1S/C11H14N2S2/c1-3-9-7-12-11(14)13(9)8(2)10-5-4-6-15-10/h4-8H,3H2,1-2H3,(H,12,14). The van der Waals surface area contributed by atoms with Crippen LogP contribution >= 0.6 is 23.6 Å². The van der Waals surface area contributed by atoms with Crippen LogP contribution in [0.1, 0.15) is 30.5 Å². The highest BCUT2D eigenvalue weighted by atomic mass is 32.1. The Balaban J connectivity index is 2.45. The van der Waals surface area contributed by atoms with Gasteiger partial charge in [-0.25, -0.2) is 0 Å². The topological polar surface area (TPSA) is 20.7 Å². The average molecular weight is 238 g/mol. The summed E-state index contributed by atoms with van der Waals surface area (Å²) in [6.07, 6.45) is 3.01. The van der Waals surface area contributed by atoms with Crippen LogP contribution < -0.4 is 0 Å². The fourth-order valence-corrected chi connectivity index (χ4v) is 2.88. The van der Waals surface area contributed by atoms with Crippen LogP contribution in [0.4, 0.5) is 0 Å². The number of thiophene rings is 1. The Hall–Kier alpha value is -0.870. The molecule has 0 saturated heterocycles. The molecule has 1 atom stereocenters. The summed E-state index contributed by atoms with van der Waals surface area (Å²) < 4.78 is 3.01. The first-order valence-electron chi connectivity index (χ1n) is 5.06. The number of imidazole rings is 1. The lowest BCUT2D eigenvalue weighted by molar-refractivity contribution is 0.613. The third kappa shape index (κ3) is 1.92. The van der Waals surface area contributed by atoms with Crippen molar-refractivity contribution in [3.05, 3.63) is 39.1 Å². The minimum Gasteiger partial charge on any atom is -0.337 e. The highest BCUT2D eigenvalue weighted by Gasteiger charge is 2.12. The molecule has 0 aliphatic carbocycles. The molecule has 0 bridgehead atoms. The summed E-state index contributed by atoms with van der Waals surface area (Å²) in [5.41, 5.74) is 1.26. The Bertz CT molecular complexity index is 479. The molecule has 0 aliphatic heterocycles. The molecule has 0 amide bonds. The molecular weight excluding hydrogens is 224 g/mol.